The van der Waals surface area contributed by atoms with Crippen molar-refractivity contribution in [3.63, 3.8) is 0 Å². The van der Waals surface area contributed by atoms with Crippen LogP contribution in [-0.2, 0) is 5.88 Å². The summed E-state index contributed by atoms with van der Waals surface area (Å²) in [6.07, 6.45) is 3.49. The number of rotatable bonds is 5. The number of hydrogen-bond acceptors (Lipinski definition) is 1. The van der Waals surface area contributed by atoms with Crippen LogP contribution in [0.4, 0.5) is 0 Å². The third kappa shape index (κ3) is 2.32. The first kappa shape index (κ1) is 12.4. The first-order chi connectivity index (χ1) is 8.31. The monoisotopic (exact) mass is 250 g/mol. The summed E-state index contributed by atoms with van der Waals surface area (Å²) in [5.74, 6) is 1.47. The molecule has 1 aromatic heterocycles. The molecule has 1 aromatic carbocycles. The van der Waals surface area contributed by atoms with Crippen molar-refractivity contribution in [3.05, 3.63) is 30.1 Å². The molecular weight excluding hydrogens is 232 g/mol. The van der Waals surface area contributed by atoms with Crippen LogP contribution in [0.2, 0.25) is 0 Å². The first-order valence-electron chi connectivity index (χ1n) is 6.33. The molecule has 0 bridgehead atoms. The largest absolute Gasteiger partial charge is 0.324 e. The zero-order valence-corrected chi connectivity index (χ0v) is 11.2. The van der Waals surface area contributed by atoms with E-state index in [-0.39, 0.29) is 0 Å². The van der Waals surface area contributed by atoms with Crippen molar-refractivity contribution in [2.45, 2.75) is 45.0 Å². The van der Waals surface area contributed by atoms with Crippen LogP contribution < -0.4 is 0 Å². The highest BCUT2D eigenvalue weighted by atomic mass is 35.5. The van der Waals surface area contributed by atoms with E-state index in [1.54, 1.807) is 0 Å². The molecule has 0 aliphatic heterocycles. The Labute approximate surface area is 108 Å². The lowest BCUT2D eigenvalue weighted by atomic mass is 10.1. The standard InChI is InChI=1S/C14H19ClN2/c1-3-7-11(4-2)17-13-9-6-5-8-12(13)16-14(17)10-15/h5-6,8-9,11H,3-4,7,10H2,1-2H3. The lowest BCUT2D eigenvalue weighted by Gasteiger charge is -2.19. The second kappa shape index (κ2) is 5.54. The fourth-order valence-corrected chi connectivity index (χ4v) is 2.63. The molecule has 0 N–H and O–H groups in total. The number of imidazole rings is 1. The third-order valence-electron chi connectivity index (χ3n) is 3.25. The van der Waals surface area contributed by atoms with Gasteiger partial charge in [-0.1, -0.05) is 32.4 Å². The Hall–Kier alpha value is -1.02. The van der Waals surface area contributed by atoms with E-state index in [1.807, 2.05) is 6.07 Å². The number of nitrogens with zero attached hydrogens (tertiary/aromatic N) is 2. The van der Waals surface area contributed by atoms with E-state index in [9.17, 15) is 0 Å². The molecule has 0 saturated heterocycles. The van der Waals surface area contributed by atoms with Crippen molar-refractivity contribution in [3.8, 4) is 0 Å². The van der Waals surface area contributed by atoms with E-state index in [1.165, 1.54) is 18.4 Å². The lowest BCUT2D eigenvalue weighted by Crippen LogP contribution is -2.10. The second-order valence-electron chi connectivity index (χ2n) is 4.37. The molecule has 2 nitrogen and oxygen atoms in total. The van der Waals surface area contributed by atoms with E-state index in [0.29, 0.717) is 11.9 Å². The van der Waals surface area contributed by atoms with Crippen LogP contribution in [0.1, 0.15) is 45.0 Å². The number of para-hydroxylation sites is 2. The Morgan fingerprint density at radius 2 is 2.06 bits per heavy atom. The molecule has 0 amide bonds. The maximum atomic E-state index is 6.02. The van der Waals surface area contributed by atoms with Crippen molar-refractivity contribution in [1.82, 2.24) is 9.55 Å². The molecule has 1 atom stereocenters. The van der Waals surface area contributed by atoms with E-state index in [4.69, 9.17) is 11.6 Å². The Morgan fingerprint density at radius 1 is 1.29 bits per heavy atom. The number of aromatic nitrogens is 2. The van der Waals surface area contributed by atoms with Gasteiger partial charge in [0.1, 0.15) is 5.82 Å². The number of hydrogen-bond donors (Lipinski definition) is 0. The van der Waals surface area contributed by atoms with Crippen LogP contribution in [0, 0.1) is 0 Å². The highest BCUT2D eigenvalue weighted by molar-refractivity contribution is 6.16. The maximum absolute atomic E-state index is 6.02. The zero-order valence-electron chi connectivity index (χ0n) is 10.5. The zero-order chi connectivity index (χ0) is 12.3. The van der Waals surface area contributed by atoms with Gasteiger partial charge >= 0.3 is 0 Å². The van der Waals surface area contributed by atoms with Crippen molar-refractivity contribution < 1.29 is 0 Å². The van der Waals surface area contributed by atoms with Gasteiger partial charge in [-0.3, -0.25) is 0 Å². The number of alkyl halides is 1. The van der Waals surface area contributed by atoms with Gasteiger partial charge in [0.25, 0.3) is 0 Å². The van der Waals surface area contributed by atoms with Gasteiger partial charge in [0.2, 0.25) is 0 Å². The Bertz CT molecular complexity index is 490. The molecule has 0 saturated carbocycles. The van der Waals surface area contributed by atoms with Gasteiger partial charge in [-0.25, -0.2) is 4.98 Å². The summed E-state index contributed by atoms with van der Waals surface area (Å²) < 4.78 is 2.33. The van der Waals surface area contributed by atoms with Crippen molar-refractivity contribution in [2.75, 3.05) is 0 Å². The highest BCUT2D eigenvalue weighted by Crippen LogP contribution is 2.27. The molecule has 92 valence electrons. The summed E-state index contributed by atoms with van der Waals surface area (Å²) in [6, 6.07) is 8.80. The molecule has 0 aliphatic carbocycles. The smallest absolute Gasteiger partial charge is 0.125 e. The third-order valence-corrected chi connectivity index (χ3v) is 3.49. The molecule has 3 heteroatoms. The first-order valence-corrected chi connectivity index (χ1v) is 6.87. The van der Waals surface area contributed by atoms with Gasteiger partial charge in [-0.2, -0.15) is 0 Å². The molecule has 0 fully saturated rings. The van der Waals surface area contributed by atoms with Crippen LogP contribution in [0.5, 0.6) is 0 Å². The average molecular weight is 251 g/mol. The molecule has 17 heavy (non-hydrogen) atoms. The average Bonchev–Trinajstić information content (AvgIpc) is 2.74. The van der Waals surface area contributed by atoms with E-state index in [0.717, 1.165) is 17.8 Å². The quantitative estimate of drug-likeness (QED) is 0.713. The van der Waals surface area contributed by atoms with E-state index in [2.05, 4.69) is 41.6 Å². The van der Waals surface area contributed by atoms with Gasteiger partial charge in [-0.15, -0.1) is 11.6 Å². The van der Waals surface area contributed by atoms with Gasteiger partial charge in [0.05, 0.1) is 16.9 Å². The molecule has 1 heterocycles. The Kier molecular flexibility index (Phi) is 4.06. The molecule has 2 aromatic rings. The SMILES string of the molecule is CCCC(CC)n1c(CCl)nc2ccccc21. The normalized spacial score (nSPS) is 13.1. The van der Waals surface area contributed by atoms with Crippen molar-refractivity contribution >= 4 is 22.6 Å². The predicted octanol–water partition coefficient (Wildman–Crippen LogP) is 4.53. The van der Waals surface area contributed by atoms with Crippen molar-refractivity contribution in [1.29, 1.82) is 0 Å². The van der Waals surface area contributed by atoms with Gasteiger partial charge in [0, 0.05) is 6.04 Å². The summed E-state index contributed by atoms with van der Waals surface area (Å²) in [4.78, 5) is 4.61. The fraction of sp³-hybridized carbons (Fsp3) is 0.500. The number of benzene rings is 1. The van der Waals surface area contributed by atoms with Gasteiger partial charge in [-0.05, 0) is 25.0 Å². The van der Waals surface area contributed by atoms with Gasteiger partial charge in [0.15, 0.2) is 0 Å². The van der Waals surface area contributed by atoms with Crippen LogP contribution in [-0.4, -0.2) is 9.55 Å². The number of halogens is 1. The molecule has 1 unspecified atom stereocenters. The van der Waals surface area contributed by atoms with Gasteiger partial charge < -0.3 is 4.57 Å². The van der Waals surface area contributed by atoms with Crippen LogP contribution in [0.25, 0.3) is 11.0 Å². The minimum Gasteiger partial charge on any atom is -0.324 e. The molecular formula is C14H19ClN2. The summed E-state index contributed by atoms with van der Waals surface area (Å²) in [6.45, 7) is 4.45. The van der Waals surface area contributed by atoms with E-state index < -0.39 is 0 Å². The summed E-state index contributed by atoms with van der Waals surface area (Å²) in [7, 11) is 0. The molecule has 0 radical (unpaired) electrons. The summed E-state index contributed by atoms with van der Waals surface area (Å²) >= 11 is 6.02. The topological polar surface area (TPSA) is 17.8 Å². The molecule has 0 aliphatic rings. The van der Waals surface area contributed by atoms with E-state index >= 15 is 0 Å². The maximum Gasteiger partial charge on any atom is 0.125 e. The molecule has 0 spiro atoms. The van der Waals surface area contributed by atoms with Crippen molar-refractivity contribution in [2.24, 2.45) is 0 Å². The van der Waals surface area contributed by atoms with Crippen LogP contribution in [0.3, 0.4) is 0 Å². The minimum absolute atomic E-state index is 0.481. The summed E-state index contributed by atoms with van der Waals surface area (Å²) in [5, 5.41) is 0. The van der Waals surface area contributed by atoms with Crippen LogP contribution in [0.15, 0.2) is 24.3 Å². The minimum atomic E-state index is 0.481. The number of fused-ring (bicyclic) bond motifs is 1. The molecule has 2 rings (SSSR count). The summed E-state index contributed by atoms with van der Waals surface area (Å²) in [5.41, 5.74) is 2.26. The lowest BCUT2D eigenvalue weighted by molar-refractivity contribution is 0.448. The highest BCUT2D eigenvalue weighted by Gasteiger charge is 2.16. The van der Waals surface area contributed by atoms with Crippen LogP contribution >= 0.6 is 11.6 Å². The fourth-order valence-electron chi connectivity index (χ4n) is 2.45. The predicted molar refractivity (Wildman–Crippen MR) is 73.5 cm³/mol. The Morgan fingerprint density at radius 3 is 2.71 bits per heavy atom. The second-order valence-corrected chi connectivity index (χ2v) is 4.64. The Balaban J connectivity index is 2.55.